The Morgan fingerprint density at radius 2 is 2.27 bits per heavy atom. The van der Waals surface area contributed by atoms with Gasteiger partial charge in [-0.05, 0) is 32.1 Å². The van der Waals surface area contributed by atoms with Crippen LogP contribution in [0.25, 0.3) is 0 Å². The predicted octanol–water partition coefficient (Wildman–Crippen LogP) is 2.53. The summed E-state index contributed by atoms with van der Waals surface area (Å²) in [6, 6.07) is 0. The summed E-state index contributed by atoms with van der Waals surface area (Å²) in [6.07, 6.45) is 7.07. The van der Waals surface area contributed by atoms with Crippen LogP contribution in [0.4, 0.5) is 0 Å². The van der Waals surface area contributed by atoms with Crippen LogP contribution in [0.3, 0.4) is 0 Å². The molecular weight excluding hydrogens is 211 g/mol. The Morgan fingerprint density at radius 3 is 2.80 bits per heavy atom. The van der Waals surface area contributed by atoms with E-state index in [1.807, 2.05) is 0 Å². The maximum Gasteiger partial charge on any atom is 0.200 e. The van der Waals surface area contributed by atoms with Crippen molar-refractivity contribution < 1.29 is 14.6 Å². The topological polar surface area (TPSA) is 57.5 Å². The van der Waals surface area contributed by atoms with Crippen LogP contribution >= 0.6 is 7.37 Å². The van der Waals surface area contributed by atoms with Crippen LogP contribution in [0.1, 0.15) is 39.0 Å². The number of rotatable bonds is 6. The molecular formula is C11H21O3P. The van der Waals surface area contributed by atoms with Crippen molar-refractivity contribution in [2.75, 3.05) is 12.3 Å². The van der Waals surface area contributed by atoms with E-state index in [9.17, 15) is 14.6 Å². The molecule has 0 heterocycles. The molecule has 88 valence electrons. The molecule has 1 aliphatic carbocycles. The largest absolute Gasteiger partial charge is 0.392 e. The molecule has 0 bridgehead atoms. The molecule has 0 aromatic carbocycles. The Bertz CT molecular complexity index is 273. The molecule has 2 N–H and O–H groups in total. The van der Waals surface area contributed by atoms with Crippen molar-refractivity contribution in [1.29, 1.82) is 0 Å². The minimum atomic E-state index is -2.82. The number of aliphatic hydroxyl groups excluding tert-OH is 1. The number of hydrogen-bond acceptors (Lipinski definition) is 2. The standard InChI is InChI=1S/C11H21O3P/c1-2-15(13,14)8-4-3-5-10-6-7-11(12)9-10/h6,11-12H,2-5,7-9H2,1H3,(H,13,14). The van der Waals surface area contributed by atoms with Crippen LogP contribution in [0.15, 0.2) is 11.6 Å². The first kappa shape index (κ1) is 13.0. The fraction of sp³-hybridized carbons (Fsp3) is 0.818. The maximum atomic E-state index is 11.3. The summed E-state index contributed by atoms with van der Waals surface area (Å²) in [7, 11) is -2.82. The first-order valence-electron chi connectivity index (χ1n) is 5.70. The molecule has 0 spiro atoms. The molecule has 0 aromatic heterocycles. The van der Waals surface area contributed by atoms with Crippen LogP contribution in [0, 0.1) is 0 Å². The first-order chi connectivity index (χ1) is 7.03. The first-order valence-corrected chi connectivity index (χ1v) is 7.73. The average molecular weight is 232 g/mol. The minimum absolute atomic E-state index is 0.181. The summed E-state index contributed by atoms with van der Waals surface area (Å²) in [6.45, 7) is 1.76. The molecule has 2 unspecified atom stereocenters. The quantitative estimate of drug-likeness (QED) is 0.420. The van der Waals surface area contributed by atoms with E-state index in [4.69, 9.17) is 0 Å². The monoisotopic (exact) mass is 232 g/mol. The molecule has 0 saturated carbocycles. The lowest BCUT2D eigenvalue weighted by atomic mass is 10.1. The van der Waals surface area contributed by atoms with Crippen LogP contribution in [0.2, 0.25) is 0 Å². The Morgan fingerprint density at radius 1 is 1.53 bits per heavy atom. The highest BCUT2D eigenvalue weighted by molar-refractivity contribution is 7.57. The van der Waals surface area contributed by atoms with E-state index in [0.717, 1.165) is 32.1 Å². The lowest BCUT2D eigenvalue weighted by Crippen LogP contribution is -1.98. The Balaban J connectivity index is 2.10. The van der Waals surface area contributed by atoms with Gasteiger partial charge < -0.3 is 10.00 Å². The summed E-state index contributed by atoms with van der Waals surface area (Å²) in [5.41, 5.74) is 1.31. The van der Waals surface area contributed by atoms with E-state index in [1.165, 1.54) is 5.57 Å². The second-order valence-electron chi connectivity index (χ2n) is 4.30. The Labute approximate surface area is 91.7 Å². The fourth-order valence-corrected chi connectivity index (χ4v) is 2.88. The van der Waals surface area contributed by atoms with E-state index in [0.29, 0.717) is 12.3 Å². The zero-order chi connectivity index (χ0) is 11.3. The Hall–Kier alpha value is -0.110. The molecule has 15 heavy (non-hydrogen) atoms. The lowest BCUT2D eigenvalue weighted by molar-refractivity contribution is 0.187. The van der Waals surface area contributed by atoms with E-state index in [1.54, 1.807) is 6.92 Å². The van der Waals surface area contributed by atoms with Crippen LogP contribution in [0.5, 0.6) is 0 Å². The lowest BCUT2D eigenvalue weighted by Gasteiger charge is -2.08. The third-order valence-corrected chi connectivity index (χ3v) is 4.93. The molecule has 1 rings (SSSR count). The van der Waals surface area contributed by atoms with Crippen molar-refractivity contribution in [3.05, 3.63) is 11.6 Å². The summed E-state index contributed by atoms with van der Waals surface area (Å²) >= 11 is 0. The maximum absolute atomic E-state index is 11.3. The number of hydrogen-bond donors (Lipinski definition) is 2. The van der Waals surface area contributed by atoms with Gasteiger partial charge in [0.1, 0.15) is 0 Å². The molecule has 0 aromatic rings. The normalized spacial score (nSPS) is 25.0. The summed E-state index contributed by atoms with van der Waals surface area (Å²) in [5, 5.41) is 9.29. The van der Waals surface area contributed by atoms with Gasteiger partial charge in [-0.15, -0.1) is 0 Å². The highest BCUT2D eigenvalue weighted by Gasteiger charge is 2.16. The van der Waals surface area contributed by atoms with Crippen LogP contribution in [-0.2, 0) is 4.57 Å². The van der Waals surface area contributed by atoms with Crippen molar-refractivity contribution in [1.82, 2.24) is 0 Å². The number of unbranched alkanes of at least 4 members (excludes halogenated alkanes) is 1. The van der Waals surface area contributed by atoms with Crippen LogP contribution in [-0.4, -0.2) is 28.4 Å². The van der Waals surface area contributed by atoms with Gasteiger partial charge in [-0.1, -0.05) is 18.6 Å². The van der Waals surface area contributed by atoms with Gasteiger partial charge in [0.2, 0.25) is 0 Å². The van der Waals surface area contributed by atoms with Gasteiger partial charge in [-0.3, -0.25) is 4.57 Å². The van der Waals surface area contributed by atoms with Crippen molar-refractivity contribution in [2.24, 2.45) is 0 Å². The Kier molecular flexibility index (Phi) is 5.04. The van der Waals surface area contributed by atoms with Crippen molar-refractivity contribution >= 4 is 7.37 Å². The second-order valence-corrected chi connectivity index (χ2v) is 7.07. The zero-order valence-corrected chi connectivity index (χ0v) is 10.2. The zero-order valence-electron chi connectivity index (χ0n) is 9.35. The molecule has 0 amide bonds. The second kappa shape index (κ2) is 5.83. The van der Waals surface area contributed by atoms with Crippen molar-refractivity contribution in [3.8, 4) is 0 Å². The van der Waals surface area contributed by atoms with Gasteiger partial charge in [-0.2, -0.15) is 0 Å². The summed E-state index contributed by atoms with van der Waals surface area (Å²) in [4.78, 5) is 9.36. The van der Waals surface area contributed by atoms with Crippen molar-refractivity contribution in [3.63, 3.8) is 0 Å². The van der Waals surface area contributed by atoms with Gasteiger partial charge in [-0.25, -0.2) is 0 Å². The summed E-state index contributed by atoms with van der Waals surface area (Å²) in [5.74, 6) is 0. The highest BCUT2D eigenvalue weighted by atomic mass is 31.2. The van der Waals surface area contributed by atoms with Crippen LogP contribution < -0.4 is 0 Å². The molecule has 0 saturated heterocycles. The average Bonchev–Trinajstić information content (AvgIpc) is 2.59. The predicted molar refractivity (Wildman–Crippen MR) is 62.4 cm³/mol. The van der Waals surface area contributed by atoms with E-state index in [2.05, 4.69) is 6.08 Å². The number of aliphatic hydroxyl groups is 1. The smallest absolute Gasteiger partial charge is 0.200 e. The van der Waals surface area contributed by atoms with Gasteiger partial charge in [0.25, 0.3) is 0 Å². The van der Waals surface area contributed by atoms with E-state index < -0.39 is 7.37 Å². The third kappa shape index (κ3) is 4.96. The van der Waals surface area contributed by atoms with Gasteiger partial charge >= 0.3 is 0 Å². The molecule has 1 aliphatic rings. The fourth-order valence-electron chi connectivity index (χ4n) is 1.85. The molecule has 0 radical (unpaired) electrons. The molecule has 4 heteroatoms. The van der Waals surface area contributed by atoms with Gasteiger partial charge in [0, 0.05) is 12.3 Å². The molecule has 3 nitrogen and oxygen atoms in total. The molecule has 0 fully saturated rings. The van der Waals surface area contributed by atoms with Crippen molar-refractivity contribution in [2.45, 2.75) is 45.1 Å². The summed E-state index contributed by atoms with van der Waals surface area (Å²) < 4.78 is 11.3. The van der Waals surface area contributed by atoms with E-state index in [-0.39, 0.29) is 6.10 Å². The third-order valence-electron chi connectivity index (χ3n) is 2.93. The SMILES string of the molecule is CCP(=O)(O)CCCCC1=CCC(O)C1. The van der Waals surface area contributed by atoms with Gasteiger partial charge in [0.05, 0.1) is 6.10 Å². The minimum Gasteiger partial charge on any atom is -0.392 e. The molecule has 0 aliphatic heterocycles. The highest BCUT2D eigenvalue weighted by Crippen LogP contribution is 2.40. The van der Waals surface area contributed by atoms with E-state index >= 15 is 0 Å². The van der Waals surface area contributed by atoms with Gasteiger partial charge in [0.15, 0.2) is 7.37 Å². The molecule has 2 atom stereocenters.